The van der Waals surface area contributed by atoms with Crippen LogP contribution < -0.4 is 5.73 Å². The van der Waals surface area contributed by atoms with E-state index >= 15 is 0 Å². The van der Waals surface area contributed by atoms with Gasteiger partial charge >= 0.3 is 5.97 Å². The highest BCUT2D eigenvalue weighted by Gasteiger charge is 2.29. The third-order valence-corrected chi connectivity index (χ3v) is 4.15. The largest absolute Gasteiger partial charge is 0.468 e. The van der Waals surface area contributed by atoms with Gasteiger partial charge in [-0.2, -0.15) is 0 Å². The first-order valence-corrected chi connectivity index (χ1v) is 6.56. The SMILES string of the molecule is COC(=O)C(C)(N)CSc1ccc(Cl)c(Cl)c1. The quantitative estimate of drug-likeness (QED) is 0.685. The summed E-state index contributed by atoms with van der Waals surface area (Å²) in [5.41, 5.74) is 4.81. The molecule has 0 aliphatic rings. The van der Waals surface area contributed by atoms with E-state index in [9.17, 15) is 4.79 Å². The van der Waals surface area contributed by atoms with Gasteiger partial charge in [0.15, 0.2) is 0 Å². The maximum absolute atomic E-state index is 11.4. The molecule has 0 aliphatic heterocycles. The molecule has 17 heavy (non-hydrogen) atoms. The van der Waals surface area contributed by atoms with Gasteiger partial charge in [-0.3, -0.25) is 4.79 Å². The fourth-order valence-corrected chi connectivity index (χ4v) is 2.40. The number of benzene rings is 1. The van der Waals surface area contributed by atoms with Crippen molar-refractivity contribution < 1.29 is 9.53 Å². The maximum Gasteiger partial charge on any atom is 0.326 e. The highest BCUT2D eigenvalue weighted by molar-refractivity contribution is 7.99. The lowest BCUT2D eigenvalue weighted by Gasteiger charge is -2.20. The summed E-state index contributed by atoms with van der Waals surface area (Å²) < 4.78 is 4.62. The molecule has 0 spiro atoms. The Morgan fingerprint density at radius 3 is 2.65 bits per heavy atom. The predicted molar refractivity (Wildman–Crippen MR) is 71.8 cm³/mol. The zero-order valence-electron chi connectivity index (χ0n) is 9.50. The van der Waals surface area contributed by atoms with Crippen LogP contribution in [0.2, 0.25) is 10.0 Å². The molecule has 1 unspecified atom stereocenters. The number of carbonyl (C=O) groups is 1. The average molecular weight is 294 g/mol. The zero-order valence-corrected chi connectivity index (χ0v) is 11.8. The number of hydrogen-bond acceptors (Lipinski definition) is 4. The third-order valence-electron chi connectivity index (χ3n) is 2.08. The topological polar surface area (TPSA) is 52.3 Å². The van der Waals surface area contributed by atoms with Crippen molar-refractivity contribution in [3.8, 4) is 0 Å². The van der Waals surface area contributed by atoms with Crippen molar-refractivity contribution in [1.82, 2.24) is 0 Å². The highest BCUT2D eigenvalue weighted by atomic mass is 35.5. The molecular formula is C11H13Cl2NO2S. The lowest BCUT2D eigenvalue weighted by Crippen LogP contribution is -2.48. The lowest BCUT2D eigenvalue weighted by molar-refractivity contribution is -0.145. The smallest absolute Gasteiger partial charge is 0.326 e. The summed E-state index contributed by atoms with van der Waals surface area (Å²) in [5, 5.41) is 0.980. The van der Waals surface area contributed by atoms with Gasteiger partial charge < -0.3 is 10.5 Å². The van der Waals surface area contributed by atoms with E-state index in [4.69, 9.17) is 28.9 Å². The molecule has 0 fully saturated rings. The van der Waals surface area contributed by atoms with Crippen molar-refractivity contribution in [3.05, 3.63) is 28.2 Å². The number of hydrogen-bond donors (Lipinski definition) is 1. The van der Waals surface area contributed by atoms with Crippen molar-refractivity contribution in [3.63, 3.8) is 0 Å². The van der Waals surface area contributed by atoms with Gasteiger partial charge in [0, 0.05) is 10.6 Å². The summed E-state index contributed by atoms with van der Waals surface area (Å²) in [4.78, 5) is 12.3. The summed E-state index contributed by atoms with van der Waals surface area (Å²) in [6.45, 7) is 1.63. The molecule has 0 saturated carbocycles. The first kappa shape index (κ1) is 14.6. The van der Waals surface area contributed by atoms with Crippen LogP contribution in [-0.2, 0) is 9.53 Å². The van der Waals surface area contributed by atoms with Crippen molar-refractivity contribution in [2.75, 3.05) is 12.9 Å². The van der Waals surface area contributed by atoms with Gasteiger partial charge in [0.05, 0.1) is 17.2 Å². The molecule has 0 aromatic heterocycles. The van der Waals surface area contributed by atoms with Crippen molar-refractivity contribution in [2.45, 2.75) is 17.4 Å². The fourth-order valence-electron chi connectivity index (χ4n) is 1.09. The second-order valence-corrected chi connectivity index (χ2v) is 5.64. The summed E-state index contributed by atoms with van der Waals surface area (Å²) in [7, 11) is 1.32. The molecule has 6 heteroatoms. The fraction of sp³-hybridized carbons (Fsp3) is 0.364. The van der Waals surface area contributed by atoms with E-state index in [1.54, 1.807) is 19.1 Å². The van der Waals surface area contributed by atoms with Crippen LogP contribution in [0.1, 0.15) is 6.92 Å². The minimum Gasteiger partial charge on any atom is -0.468 e. The monoisotopic (exact) mass is 293 g/mol. The third kappa shape index (κ3) is 4.07. The molecule has 1 atom stereocenters. The van der Waals surface area contributed by atoms with Crippen LogP contribution in [-0.4, -0.2) is 24.4 Å². The molecule has 0 bridgehead atoms. The zero-order chi connectivity index (χ0) is 13.1. The predicted octanol–water partition coefficient (Wildman–Crippen LogP) is 2.98. The van der Waals surface area contributed by atoms with Crippen LogP contribution in [0.5, 0.6) is 0 Å². The maximum atomic E-state index is 11.4. The normalized spacial score (nSPS) is 14.2. The van der Waals surface area contributed by atoms with Gasteiger partial charge in [0.2, 0.25) is 0 Å². The Balaban J connectivity index is 2.67. The molecule has 94 valence electrons. The van der Waals surface area contributed by atoms with Gasteiger partial charge in [-0.05, 0) is 25.1 Å². The van der Waals surface area contributed by atoms with E-state index < -0.39 is 11.5 Å². The van der Waals surface area contributed by atoms with E-state index in [-0.39, 0.29) is 0 Å². The van der Waals surface area contributed by atoms with Gasteiger partial charge in [0.1, 0.15) is 5.54 Å². The molecule has 3 nitrogen and oxygen atoms in total. The Morgan fingerprint density at radius 2 is 2.12 bits per heavy atom. The molecule has 0 radical (unpaired) electrons. The lowest BCUT2D eigenvalue weighted by atomic mass is 10.1. The van der Waals surface area contributed by atoms with Crippen molar-refractivity contribution in [1.29, 1.82) is 0 Å². The number of halogens is 2. The Morgan fingerprint density at radius 1 is 1.47 bits per heavy atom. The van der Waals surface area contributed by atoms with Gasteiger partial charge in [0.25, 0.3) is 0 Å². The van der Waals surface area contributed by atoms with E-state index in [1.807, 2.05) is 6.07 Å². The van der Waals surface area contributed by atoms with E-state index in [0.29, 0.717) is 15.8 Å². The summed E-state index contributed by atoms with van der Waals surface area (Å²) >= 11 is 13.1. The number of thioether (sulfide) groups is 1. The van der Waals surface area contributed by atoms with Crippen molar-refractivity contribution in [2.24, 2.45) is 5.73 Å². The van der Waals surface area contributed by atoms with E-state index in [2.05, 4.69) is 4.74 Å². The standard InChI is InChI=1S/C11H13Cl2NO2S/c1-11(14,10(15)16-2)6-17-7-3-4-8(12)9(13)5-7/h3-5H,6,14H2,1-2H3. The van der Waals surface area contributed by atoms with Crippen LogP contribution in [0, 0.1) is 0 Å². The second-order valence-electron chi connectivity index (χ2n) is 3.77. The molecule has 0 heterocycles. The first-order valence-electron chi connectivity index (χ1n) is 4.82. The van der Waals surface area contributed by atoms with Crippen LogP contribution in [0.3, 0.4) is 0 Å². The number of esters is 1. The van der Waals surface area contributed by atoms with Gasteiger partial charge in [-0.15, -0.1) is 11.8 Å². The first-order chi connectivity index (χ1) is 7.86. The van der Waals surface area contributed by atoms with E-state index in [1.165, 1.54) is 18.9 Å². The van der Waals surface area contributed by atoms with Crippen LogP contribution in [0.4, 0.5) is 0 Å². The molecular weight excluding hydrogens is 281 g/mol. The van der Waals surface area contributed by atoms with Crippen LogP contribution in [0.15, 0.2) is 23.1 Å². The Hall–Kier alpha value is -0.420. The molecule has 2 N–H and O–H groups in total. The van der Waals surface area contributed by atoms with Crippen molar-refractivity contribution >= 4 is 40.9 Å². The molecule has 0 amide bonds. The number of rotatable bonds is 4. The average Bonchev–Trinajstić information content (AvgIpc) is 2.29. The molecule has 1 rings (SSSR count). The molecule has 1 aromatic carbocycles. The molecule has 0 saturated heterocycles. The van der Waals surface area contributed by atoms with Gasteiger partial charge in [-0.25, -0.2) is 0 Å². The minimum absolute atomic E-state index is 0.400. The number of carbonyl (C=O) groups excluding carboxylic acids is 1. The minimum atomic E-state index is -1.02. The number of nitrogens with two attached hydrogens (primary N) is 1. The summed E-state index contributed by atoms with van der Waals surface area (Å²) in [5.74, 6) is -0.0393. The second kappa shape index (κ2) is 5.96. The van der Waals surface area contributed by atoms with E-state index in [0.717, 1.165) is 4.90 Å². The molecule has 1 aromatic rings. The Labute approximate surface area is 115 Å². The Kier molecular flexibility index (Phi) is 5.13. The Bertz CT molecular complexity index is 424. The van der Waals surface area contributed by atoms with Crippen LogP contribution in [0.25, 0.3) is 0 Å². The number of ether oxygens (including phenoxy) is 1. The van der Waals surface area contributed by atoms with Crippen LogP contribution >= 0.6 is 35.0 Å². The summed E-state index contributed by atoms with van der Waals surface area (Å²) in [6.07, 6.45) is 0. The molecule has 0 aliphatic carbocycles. The van der Waals surface area contributed by atoms with Gasteiger partial charge in [-0.1, -0.05) is 23.2 Å². The highest BCUT2D eigenvalue weighted by Crippen LogP contribution is 2.29. The summed E-state index contributed by atoms with van der Waals surface area (Å²) in [6, 6.07) is 5.27. The number of methoxy groups -OCH3 is 1.